The average Bonchev–Trinajstić information content (AvgIpc) is 3.24. The summed E-state index contributed by atoms with van der Waals surface area (Å²) >= 11 is 0. The summed E-state index contributed by atoms with van der Waals surface area (Å²) in [4.78, 5) is 24.3. The van der Waals surface area contributed by atoms with Gasteiger partial charge in [0.05, 0.1) is 23.4 Å². The third-order valence-electron chi connectivity index (χ3n) is 5.08. The fourth-order valence-electron chi connectivity index (χ4n) is 3.58. The molecule has 1 unspecified atom stereocenters. The minimum absolute atomic E-state index is 0.0492. The number of hydrogen-bond donors (Lipinski definition) is 0. The zero-order valence-corrected chi connectivity index (χ0v) is 15.5. The molecule has 5 nitrogen and oxygen atoms in total. The molecule has 0 saturated carbocycles. The van der Waals surface area contributed by atoms with Crippen LogP contribution in [0.25, 0.3) is 22.2 Å². The molecule has 1 saturated heterocycles. The van der Waals surface area contributed by atoms with Crippen LogP contribution < -0.4 is 0 Å². The second-order valence-corrected chi connectivity index (χ2v) is 6.89. The largest absolute Gasteiger partial charge is 0.381 e. The van der Waals surface area contributed by atoms with Crippen molar-refractivity contribution in [1.82, 2.24) is 14.9 Å². The monoisotopic (exact) mass is 361 g/mol. The van der Waals surface area contributed by atoms with Crippen molar-refractivity contribution in [2.45, 2.75) is 13.3 Å². The normalized spacial score (nSPS) is 16.6. The lowest BCUT2D eigenvalue weighted by Gasteiger charge is -2.24. The maximum Gasteiger partial charge on any atom is 0.254 e. The molecule has 2 aromatic heterocycles. The van der Waals surface area contributed by atoms with Crippen molar-refractivity contribution in [3.63, 3.8) is 0 Å². The standard InChI is InChI=1S/C22H23N3O2/c1-2-25(14-16-9-11-27-15-16)22(26)19-12-21(17-6-5-10-23-13-17)24-20-8-4-3-7-18(19)20/h3-8,10,12-13,16H,2,9,11,14-15H2,1H3. The molecule has 0 spiro atoms. The van der Waals surface area contributed by atoms with Crippen molar-refractivity contribution in [2.75, 3.05) is 26.3 Å². The second-order valence-electron chi connectivity index (χ2n) is 6.89. The molecular weight excluding hydrogens is 338 g/mol. The first-order valence-electron chi connectivity index (χ1n) is 9.43. The van der Waals surface area contributed by atoms with E-state index in [2.05, 4.69) is 4.98 Å². The van der Waals surface area contributed by atoms with Crippen LogP contribution in [0.15, 0.2) is 54.9 Å². The van der Waals surface area contributed by atoms with Gasteiger partial charge in [-0.1, -0.05) is 18.2 Å². The minimum atomic E-state index is 0.0492. The summed E-state index contributed by atoms with van der Waals surface area (Å²) in [7, 11) is 0. The highest BCUT2D eigenvalue weighted by Crippen LogP contribution is 2.26. The summed E-state index contributed by atoms with van der Waals surface area (Å²) in [6, 6.07) is 13.6. The zero-order valence-electron chi connectivity index (χ0n) is 15.5. The average molecular weight is 361 g/mol. The smallest absolute Gasteiger partial charge is 0.254 e. The fraction of sp³-hybridized carbons (Fsp3) is 0.318. The van der Waals surface area contributed by atoms with Gasteiger partial charge in [-0.25, -0.2) is 4.98 Å². The summed E-state index contributed by atoms with van der Waals surface area (Å²) in [6.07, 6.45) is 4.53. The first kappa shape index (κ1) is 17.6. The van der Waals surface area contributed by atoms with E-state index in [1.807, 2.05) is 54.3 Å². The number of aromatic nitrogens is 2. The summed E-state index contributed by atoms with van der Waals surface area (Å²) in [5.74, 6) is 0.466. The lowest BCUT2D eigenvalue weighted by molar-refractivity contribution is 0.0733. The molecule has 0 bridgehead atoms. The van der Waals surface area contributed by atoms with E-state index >= 15 is 0 Å². The van der Waals surface area contributed by atoms with E-state index in [4.69, 9.17) is 9.72 Å². The van der Waals surface area contributed by atoms with E-state index in [0.29, 0.717) is 18.0 Å². The Bertz CT molecular complexity index is 937. The van der Waals surface area contributed by atoms with Gasteiger partial charge in [-0.2, -0.15) is 0 Å². The van der Waals surface area contributed by atoms with Crippen LogP contribution >= 0.6 is 0 Å². The van der Waals surface area contributed by atoms with E-state index in [1.54, 1.807) is 12.4 Å². The molecular formula is C22H23N3O2. The van der Waals surface area contributed by atoms with Gasteiger partial charge in [0.2, 0.25) is 0 Å². The zero-order chi connectivity index (χ0) is 18.6. The van der Waals surface area contributed by atoms with Gasteiger partial charge in [-0.3, -0.25) is 9.78 Å². The third-order valence-corrected chi connectivity index (χ3v) is 5.08. The maximum atomic E-state index is 13.4. The quantitative estimate of drug-likeness (QED) is 0.694. The Kier molecular flexibility index (Phi) is 5.12. The van der Waals surface area contributed by atoms with Crippen LogP contribution in [-0.2, 0) is 4.74 Å². The number of carbonyl (C=O) groups is 1. The molecule has 138 valence electrons. The number of pyridine rings is 2. The van der Waals surface area contributed by atoms with Crippen LogP contribution in [0, 0.1) is 5.92 Å². The van der Waals surface area contributed by atoms with Crippen LogP contribution in [0.4, 0.5) is 0 Å². The molecule has 1 amide bonds. The van der Waals surface area contributed by atoms with Gasteiger partial charge in [0.15, 0.2) is 0 Å². The maximum absolute atomic E-state index is 13.4. The third kappa shape index (κ3) is 3.69. The Morgan fingerprint density at radius 2 is 2.15 bits per heavy atom. The molecule has 27 heavy (non-hydrogen) atoms. The van der Waals surface area contributed by atoms with Gasteiger partial charge in [0.1, 0.15) is 0 Å². The van der Waals surface area contributed by atoms with Crippen molar-refractivity contribution in [3.8, 4) is 11.3 Å². The van der Waals surface area contributed by atoms with Gasteiger partial charge in [0, 0.05) is 49.0 Å². The summed E-state index contributed by atoms with van der Waals surface area (Å²) in [5, 5.41) is 0.885. The summed E-state index contributed by atoms with van der Waals surface area (Å²) < 4.78 is 5.48. The SMILES string of the molecule is CCN(CC1CCOC1)C(=O)c1cc(-c2cccnc2)nc2ccccc12. The van der Waals surface area contributed by atoms with E-state index in [1.165, 1.54) is 0 Å². The van der Waals surface area contributed by atoms with Crippen LogP contribution in [-0.4, -0.2) is 47.1 Å². The molecule has 0 radical (unpaired) electrons. The van der Waals surface area contributed by atoms with Crippen molar-refractivity contribution < 1.29 is 9.53 Å². The Hall–Kier alpha value is -2.79. The van der Waals surface area contributed by atoms with Gasteiger partial charge in [-0.15, -0.1) is 0 Å². The molecule has 1 aromatic carbocycles. The molecule has 1 atom stereocenters. The van der Waals surface area contributed by atoms with Crippen LogP contribution in [0.5, 0.6) is 0 Å². The minimum Gasteiger partial charge on any atom is -0.381 e. The number of ether oxygens (including phenoxy) is 1. The molecule has 3 heterocycles. The van der Waals surface area contributed by atoms with E-state index < -0.39 is 0 Å². The predicted molar refractivity (Wildman–Crippen MR) is 105 cm³/mol. The molecule has 0 N–H and O–H groups in total. The molecule has 4 rings (SSSR count). The molecule has 1 fully saturated rings. The van der Waals surface area contributed by atoms with Crippen molar-refractivity contribution in [3.05, 3.63) is 60.4 Å². The number of fused-ring (bicyclic) bond motifs is 1. The van der Waals surface area contributed by atoms with Gasteiger partial charge in [0.25, 0.3) is 5.91 Å². The first-order chi connectivity index (χ1) is 13.3. The molecule has 1 aliphatic rings. The molecule has 0 aliphatic carbocycles. The number of benzene rings is 1. The highest BCUT2D eigenvalue weighted by atomic mass is 16.5. The van der Waals surface area contributed by atoms with E-state index in [9.17, 15) is 4.79 Å². The number of para-hydroxylation sites is 1. The van der Waals surface area contributed by atoms with Gasteiger partial charge >= 0.3 is 0 Å². The van der Waals surface area contributed by atoms with Crippen molar-refractivity contribution >= 4 is 16.8 Å². The number of nitrogens with zero attached hydrogens (tertiary/aromatic N) is 3. The number of rotatable bonds is 5. The number of hydrogen-bond acceptors (Lipinski definition) is 4. The van der Waals surface area contributed by atoms with Crippen LogP contribution in [0.2, 0.25) is 0 Å². The lowest BCUT2D eigenvalue weighted by atomic mass is 10.0. The highest BCUT2D eigenvalue weighted by molar-refractivity contribution is 6.07. The van der Waals surface area contributed by atoms with E-state index in [0.717, 1.165) is 48.3 Å². The Morgan fingerprint density at radius 3 is 2.89 bits per heavy atom. The second kappa shape index (κ2) is 7.84. The summed E-state index contributed by atoms with van der Waals surface area (Å²) in [5.41, 5.74) is 3.19. The van der Waals surface area contributed by atoms with Gasteiger partial charge in [-0.05, 0) is 37.6 Å². The molecule has 5 heteroatoms. The molecule has 3 aromatic rings. The summed E-state index contributed by atoms with van der Waals surface area (Å²) in [6.45, 7) is 4.96. The molecule has 1 aliphatic heterocycles. The number of amides is 1. The lowest BCUT2D eigenvalue weighted by Crippen LogP contribution is -2.35. The van der Waals surface area contributed by atoms with Gasteiger partial charge < -0.3 is 9.64 Å². The fourth-order valence-corrected chi connectivity index (χ4v) is 3.58. The highest BCUT2D eigenvalue weighted by Gasteiger charge is 2.24. The Morgan fingerprint density at radius 1 is 1.26 bits per heavy atom. The topological polar surface area (TPSA) is 55.3 Å². The Balaban J connectivity index is 1.75. The predicted octanol–water partition coefficient (Wildman–Crippen LogP) is 3.80. The van der Waals surface area contributed by atoms with E-state index in [-0.39, 0.29) is 5.91 Å². The van der Waals surface area contributed by atoms with Crippen LogP contribution in [0.3, 0.4) is 0 Å². The Labute approximate surface area is 159 Å². The van der Waals surface area contributed by atoms with Crippen molar-refractivity contribution in [1.29, 1.82) is 0 Å². The number of carbonyl (C=O) groups excluding carboxylic acids is 1. The van der Waals surface area contributed by atoms with Crippen molar-refractivity contribution in [2.24, 2.45) is 5.92 Å². The van der Waals surface area contributed by atoms with Crippen LogP contribution in [0.1, 0.15) is 23.7 Å². The first-order valence-corrected chi connectivity index (χ1v) is 9.43.